The first-order chi connectivity index (χ1) is 15.6. The molecule has 32 heavy (non-hydrogen) atoms. The van der Waals surface area contributed by atoms with Gasteiger partial charge in [0.25, 0.3) is 5.91 Å². The van der Waals surface area contributed by atoms with Gasteiger partial charge in [0.15, 0.2) is 10.9 Å². The van der Waals surface area contributed by atoms with Gasteiger partial charge in [0.2, 0.25) is 5.91 Å². The Hall–Kier alpha value is -3.56. The highest BCUT2D eigenvalue weighted by Crippen LogP contribution is 2.27. The van der Waals surface area contributed by atoms with Crippen LogP contribution in [0, 0.1) is 0 Å². The molecule has 0 atom stereocenters. The molecule has 2 aromatic carbocycles. The molecule has 0 bridgehead atoms. The Morgan fingerprint density at radius 3 is 2.53 bits per heavy atom. The van der Waals surface area contributed by atoms with E-state index in [0.29, 0.717) is 10.8 Å². The maximum absolute atomic E-state index is 12.3. The van der Waals surface area contributed by atoms with Gasteiger partial charge in [-0.1, -0.05) is 0 Å². The molecule has 0 radical (unpaired) electrons. The molecule has 0 aliphatic heterocycles. The number of carbonyl (C=O) groups excluding carboxylic acids is 2. The van der Waals surface area contributed by atoms with Gasteiger partial charge in [-0.3, -0.25) is 9.59 Å². The predicted molar refractivity (Wildman–Crippen MR) is 127 cm³/mol. The molecule has 2 heterocycles. The molecule has 0 unspecified atom stereocenters. The van der Waals surface area contributed by atoms with Crippen molar-refractivity contribution in [1.29, 1.82) is 0 Å². The summed E-state index contributed by atoms with van der Waals surface area (Å²) in [7, 11) is 1.62. The zero-order chi connectivity index (χ0) is 22.3. The fourth-order valence-electron chi connectivity index (χ4n) is 2.76. The van der Waals surface area contributed by atoms with Crippen LogP contribution < -0.4 is 15.4 Å². The average Bonchev–Trinajstić information content (AvgIpc) is 3.51. The lowest BCUT2D eigenvalue weighted by Crippen LogP contribution is -2.13. The van der Waals surface area contributed by atoms with Crippen LogP contribution in [0.5, 0.6) is 5.75 Å². The summed E-state index contributed by atoms with van der Waals surface area (Å²) in [6.45, 7) is 0. The van der Waals surface area contributed by atoms with Gasteiger partial charge >= 0.3 is 0 Å². The number of amides is 2. The van der Waals surface area contributed by atoms with Crippen molar-refractivity contribution in [3.63, 3.8) is 0 Å². The van der Waals surface area contributed by atoms with Crippen molar-refractivity contribution in [2.24, 2.45) is 0 Å². The van der Waals surface area contributed by atoms with Gasteiger partial charge in [-0.25, -0.2) is 4.98 Å². The van der Waals surface area contributed by atoms with Gasteiger partial charge in [0.05, 0.1) is 24.8 Å². The van der Waals surface area contributed by atoms with Gasteiger partial charge in [0, 0.05) is 21.5 Å². The van der Waals surface area contributed by atoms with Gasteiger partial charge in [0.1, 0.15) is 5.75 Å². The molecule has 0 aliphatic rings. The van der Waals surface area contributed by atoms with Crippen LogP contribution in [0.2, 0.25) is 0 Å². The van der Waals surface area contributed by atoms with E-state index in [9.17, 15) is 9.59 Å². The number of hydrogen-bond acceptors (Lipinski definition) is 7. The molecule has 0 spiro atoms. The maximum atomic E-state index is 12.3. The van der Waals surface area contributed by atoms with Crippen molar-refractivity contribution < 1.29 is 18.7 Å². The van der Waals surface area contributed by atoms with Crippen LogP contribution in [-0.2, 0) is 4.79 Å². The van der Waals surface area contributed by atoms with E-state index in [-0.39, 0.29) is 23.3 Å². The van der Waals surface area contributed by atoms with Crippen LogP contribution in [0.1, 0.15) is 10.6 Å². The van der Waals surface area contributed by atoms with Crippen molar-refractivity contribution in [1.82, 2.24) is 4.98 Å². The standard InChI is InChI=1S/C23H19N3O4S2/c1-29-17-8-4-15(5-9-17)19-13-32-23(25-19)26-21(27)14-31-18-10-6-16(7-11-18)24-22(28)20-3-2-12-30-20/h2-13H,14H2,1H3,(H,24,28)(H,25,26,27). The third-order valence-electron chi connectivity index (χ3n) is 4.36. The van der Waals surface area contributed by atoms with E-state index in [4.69, 9.17) is 9.15 Å². The fourth-order valence-corrected chi connectivity index (χ4v) is 4.20. The topological polar surface area (TPSA) is 93.5 Å². The largest absolute Gasteiger partial charge is 0.497 e. The number of thioether (sulfide) groups is 1. The van der Waals surface area contributed by atoms with E-state index in [1.54, 1.807) is 31.4 Å². The number of furan rings is 1. The van der Waals surface area contributed by atoms with E-state index < -0.39 is 0 Å². The van der Waals surface area contributed by atoms with Crippen molar-refractivity contribution in [2.75, 3.05) is 23.5 Å². The van der Waals surface area contributed by atoms with Gasteiger partial charge in [-0.15, -0.1) is 23.1 Å². The SMILES string of the molecule is COc1ccc(-c2csc(NC(=O)CSc3ccc(NC(=O)c4ccco4)cc3)n2)cc1. The molecule has 7 nitrogen and oxygen atoms in total. The minimum absolute atomic E-state index is 0.138. The number of nitrogens with zero attached hydrogens (tertiary/aromatic N) is 1. The first-order valence-corrected chi connectivity index (χ1v) is 11.4. The number of aromatic nitrogens is 1. The smallest absolute Gasteiger partial charge is 0.291 e. The summed E-state index contributed by atoms with van der Waals surface area (Å²) in [6, 6.07) is 18.1. The molecular weight excluding hydrogens is 446 g/mol. The average molecular weight is 466 g/mol. The molecular formula is C23H19N3O4S2. The number of methoxy groups -OCH3 is 1. The van der Waals surface area contributed by atoms with Crippen LogP contribution in [0.25, 0.3) is 11.3 Å². The zero-order valence-electron chi connectivity index (χ0n) is 17.0. The fraction of sp³-hybridized carbons (Fsp3) is 0.0870. The molecule has 2 N–H and O–H groups in total. The first kappa shape index (κ1) is 21.7. The van der Waals surface area contributed by atoms with Crippen molar-refractivity contribution >= 4 is 45.7 Å². The molecule has 0 fully saturated rings. The number of rotatable bonds is 8. The Morgan fingerprint density at radius 1 is 1.06 bits per heavy atom. The van der Waals surface area contributed by atoms with E-state index in [1.165, 1.54) is 29.4 Å². The molecule has 4 aromatic rings. The summed E-state index contributed by atoms with van der Waals surface area (Å²) in [5, 5.41) is 8.05. The Kier molecular flexibility index (Phi) is 6.88. The normalized spacial score (nSPS) is 10.5. The third kappa shape index (κ3) is 5.57. The summed E-state index contributed by atoms with van der Waals surface area (Å²) in [4.78, 5) is 29.7. The van der Waals surface area contributed by atoms with Gasteiger partial charge < -0.3 is 19.8 Å². The summed E-state index contributed by atoms with van der Waals surface area (Å²) >= 11 is 2.78. The highest BCUT2D eigenvalue weighted by Gasteiger charge is 2.10. The lowest BCUT2D eigenvalue weighted by Gasteiger charge is -2.05. The number of ether oxygens (including phenoxy) is 1. The Balaban J connectivity index is 1.26. The van der Waals surface area contributed by atoms with E-state index >= 15 is 0 Å². The van der Waals surface area contributed by atoms with Crippen LogP contribution >= 0.6 is 23.1 Å². The molecule has 0 aliphatic carbocycles. The van der Waals surface area contributed by atoms with Crippen molar-refractivity contribution in [3.8, 4) is 17.0 Å². The highest BCUT2D eigenvalue weighted by molar-refractivity contribution is 8.00. The molecule has 2 aromatic heterocycles. The molecule has 0 saturated heterocycles. The summed E-state index contributed by atoms with van der Waals surface area (Å²) in [6.07, 6.45) is 1.45. The molecule has 162 valence electrons. The zero-order valence-corrected chi connectivity index (χ0v) is 18.7. The molecule has 0 saturated carbocycles. The number of nitrogens with one attached hydrogen (secondary N) is 2. The summed E-state index contributed by atoms with van der Waals surface area (Å²) in [5.74, 6) is 0.822. The first-order valence-electron chi connectivity index (χ1n) is 9.58. The summed E-state index contributed by atoms with van der Waals surface area (Å²) < 4.78 is 10.2. The number of thiazole rings is 1. The monoisotopic (exact) mass is 465 g/mol. The second-order valence-corrected chi connectivity index (χ2v) is 8.47. The van der Waals surface area contributed by atoms with E-state index in [2.05, 4.69) is 15.6 Å². The molecule has 2 amide bonds. The maximum Gasteiger partial charge on any atom is 0.291 e. The highest BCUT2D eigenvalue weighted by atomic mass is 32.2. The van der Waals surface area contributed by atoms with Crippen LogP contribution in [0.15, 0.2) is 81.6 Å². The Bertz CT molecular complexity index is 1190. The van der Waals surface area contributed by atoms with Crippen molar-refractivity contribution in [3.05, 3.63) is 78.1 Å². The van der Waals surface area contributed by atoms with Crippen LogP contribution in [0.4, 0.5) is 10.8 Å². The second-order valence-electron chi connectivity index (χ2n) is 6.56. The molecule has 9 heteroatoms. The van der Waals surface area contributed by atoms with E-state index in [1.807, 2.05) is 41.8 Å². The lowest BCUT2D eigenvalue weighted by atomic mass is 10.2. The Labute approximate surface area is 192 Å². The third-order valence-corrected chi connectivity index (χ3v) is 6.13. The minimum Gasteiger partial charge on any atom is -0.497 e. The summed E-state index contributed by atoms with van der Waals surface area (Å²) in [5.41, 5.74) is 2.40. The van der Waals surface area contributed by atoms with Crippen molar-refractivity contribution in [2.45, 2.75) is 4.90 Å². The predicted octanol–water partition coefficient (Wildman–Crippen LogP) is 5.39. The van der Waals surface area contributed by atoms with Crippen LogP contribution in [-0.4, -0.2) is 29.7 Å². The second kappa shape index (κ2) is 10.2. The Morgan fingerprint density at radius 2 is 1.84 bits per heavy atom. The van der Waals surface area contributed by atoms with E-state index in [0.717, 1.165) is 21.9 Å². The minimum atomic E-state index is -0.313. The molecule has 4 rings (SSSR count). The number of carbonyl (C=O) groups is 2. The van der Waals surface area contributed by atoms with Gasteiger partial charge in [-0.2, -0.15) is 0 Å². The number of hydrogen-bond donors (Lipinski definition) is 2. The quantitative estimate of drug-likeness (QED) is 0.339. The number of benzene rings is 2. The van der Waals surface area contributed by atoms with Crippen LogP contribution in [0.3, 0.4) is 0 Å². The lowest BCUT2D eigenvalue weighted by molar-refractivity contribution is -0.113. The van der Waals surface area contributed by atoms with Gasteiger partial charge in [-0.05, 0) is 60.7 Å². The number of anilines is 2.